The monoisotopic (exact) mass is 263 g/mol. The topological polar surface area (TPSA) is 67.6 Å². The first-order valence-corrected chi connectivity index (χ1v) is 6.50. The molecule has 2 rings (SSSR count). The van der Waals surface area contributed by atoms with E-state index in [2.05, 4.69) is 17.1 Å². The molecular weight excluding hydrogens is 242 g/mol. The Kier molecular flexibility index (Phi) is 3.95. The number of hydrogen-bond donors (Lipinski definition) is 2. The number of nitrogens with one attached hydrogen (secondary N) is 1. The van der Waals surface area contributed by atoms with E-state index in [9.17, 15) is 4.79 Å². The lowest BCUT2D eigenvalue weighted by Crippen LogP contribution is -2.37. The molecule has 1 saturated heterocycles. The lowest BCUT2D eigenvalue weighted by atomic mass is 10.1. The minimum absolute atomic E-state index is 0.126. The molecule has 1 heterocycles. The molecule has 0 saturated carbocycles. The molecule has 0 spiro atoms. The molecule has 1 aromatic carbocycles. The third kappa shape index (κ3) is 2.66. The molecule has 1 amide bonds. The molecule has 1 aliphatic heterocycles. The zero-order chi connectivity index (χ0) is 14.0. The van der Waals surface area contributed by atoms with Gasteiger partial charge in [0.05, 0.1) is 23.5 Å². The van der Waals surface area contributed by atoms with Crippen LogP contribution >= 0.6 is 0 Å². The summed E-state index contributed by atoms with van der Waals surface area (Å²) in [7, 11) is 3.62. The van der Waals surface area contributed by atoms with Gasteiger partial charge in [0.2, 0.25) is 0 Å². The standard InChI is InChI=1S/C14H21N3O2/c1-9-12(6-7-19-9)17(3)13-5-4-10(8-11(13)15)14(18)16-2/h4-5,8-9,12H,6-7,15H2,1-3H3,(H,16,18). The number of carbonyl (C=O) groups is 1. The molecule has 1 aliphatic rings. The molecule has 0 radical (unpaired) electrons. The summed E-state index contributed by atoms with van der Waals surface area (Å²) >= 11 is 0. The third-order valence-corrected chi connectivity index (χ3v) is 3.73. The fourth-order valence-electron chi connectivity index (χ4n) is 2.57. The normalized spacial score (nSPS) is 22.3. The summed E-state index contributed by atoms with van der Waals surface area (Å²) in [5.41, 5.74) is 8.20. The molecule has 104 valence electrons. The maximum Gasteiger partial charge on any atom is 0.251 e. The molecule has 1 aromatic rings. The van der Waals surface area contributed by atoms with Gasteiger partial charge in [-0.15, -0.1) is 0 Å². The maximum absolute atomic E-state index is 11.6. The summed E-state index contributed by atoms with van der Waals surface area (Å²) in [4.78, 5) is 13.7. The van der Waals surface area contributed by atoms with Crippen molar-refractivity contribution < 1.29 is 9.53 Å². The molecule has 5 heteroatoms. The number of amides is 1. The van der Waals surface area contributed by atoms with Crippen LogP contribution < -0.4 is 16.0 Å². The van der Waals surface area contributed by atoms with Crippen molar-refractivity contribution in [1.82, 2.24) is 5.32 Å². The van der Waals surface area contributed by atoms with E-state index in [1.807, 2.05) is 13.1 Å². The molecule has 1 fully saturated rings. The highest BCUT2D eigenvalue weighted by Crippen LogP contribution is 2.29. The van der Waals surface area contributed by atoms with Gasteiger partial charge in [-0.2, -0.15) is 0 Å². The van der Waals surface area contributed by atoms with E-state index in [-0.39, 0.29) is 12.0 Å². The first-order valence-electron chi connectivity index (χ1n) is 6.50. The van der Waals surface area contributed by atoms with E-state index in [0.717, 1.165) is 18.7 Å². The average molecular weight is 263 g/mol. The predicted octanol–water partition coefficient (Wildman–Crippen LogP) is 1.24. The van der Waals surface area contributed by atoms with Crippen LogP contribution in [0.25, 0.3) is 0 Å². The lowest BCUT2D eigenvalue weighted by Gasteiger charge is -2.30. The van der Waals surface area contributed by atoms with E-state index in [1.54, 1.807) is 19.2 Å². The van der Waals surface area contributed by atoms with Crippen LogP contribution in [0.2, 0.25) is 0 Å². The number of anilines is 2. The largest absolute Gasteiger partial charge is 0.397 e. The van der Waals surface area contributed by atoms with Crippen LogP contribution in [0.5, 0.6) is 0 Å². The highest BCUT2D eigenvalue weighted by Gasteiger charge is 2.28. The van der Waals surface area contributed by atoms with Crippen molar-refractivity contribution in [3.63, 3.8) is 0 Å². The predicted molar refractivity (Wildman–Crippen MR) is 76.5 cm³/mol. The zero-order valence-corrected chi connectivity index (χ0v) is 11.6. The van der Waals surface area contributed by atoms with Gasteiger partial charge in [-0.1, -0.05) is 0 Å². The second-order valence-corrected chi connectivity index (χ2v) is 4.90. The Morgan fingerprint density at radius 1 is 1.53 bits per heavy atom. The number of nitrogens with two attached hydrogens (primary N) is 1. The summed E-state index contributed by atoms with van der Waals surface area (Å²) in [6, 6.07) is 5.73. The van der Waals surface area contributed by atoms with Gasteiger partial charge < -0.3 is 20.7 Å². The minimum atomic E-state index is -0.126. The Balaban J connectivity index is 2.23. The van der Waals surface area contributed by atoms with Crippen LogP contribution in [0, 0.1) is 0 Å². The Morgan fingerprint density at radius 3 is 2.79 bits per heavy atom. The number of nitrogens with zero attached hydrogens (tertiary/aromatic N) is 1. The molecule has 0 bridgehead atoms. The van der Waals surface area contributed by atoms with Crippen molar-refractivity contribution in [3.05, 3.63) is 23.8 Å². The number of rotatable bonds is 3. The van der Waals surface area contributed by atoms with Crippen LogP contribution in [-0.2, 0) is 4.74 Å². The van der Waals surface area contributed by atoms with Crippen molar-refractivity contribution in [2.45, 2.75) is 25.5 Å². The third-order valence-electron chi connectivity index (χ3n) is 3.73. The first-order chi connectivity index (χ1) is 9.04. The number of likely N-dealkylation sites (N-methyl/N-ethyl adjacent to an activating group) is 1. The summed E-state index contributed by atoms with van der Waals surface area (Å²) in [5, 5.41) is 2.59. The molecule has 19 heavy (non-hydrogen) atoms. The Labute approximate surface area is 113 Å². The summed E-state index contributed by atoms with van der Waals surface area (Å²) in [5.74, 6) is -0.126. The highest BCUT2D eigenvalue weighted by molar-refractivity contribution is 5.96. The Bertz CT molecular complexity index is 476. The number of benzene rings is 1. The van der Waals surface area contributed by atoms with Crippen molar-refractivity contribution in [1.29, 1.82) is 0 Å². The molecule has 0 aromatic heterocycles. The van der Waals surface area contributed by atoms with Crippen molar-refractivity contribution in [2.24, 2.45) is 0 Å². The number of hydrogen-bond acceptors (Lipinski definition) is 4. The van der Waals surface area contributed by atoms with E-state index in [4.69, 9.17) is 10.5 Å². The van der Waals surface area contributed by atoms with Crippen molar-refractivity contribution in [2.75, 3.05) is 31.3 Å². The van der Waals surface area contributed by atoms with Gasteiger partial charge >= 0.3 is 0 Å². The van der Waals surface area contributed by atoms with Gasteiger partial charge in [-0.25, -0.2) is 0 Å². The average Bonchev–Trinajstić information content (AvgIpc) is 2.83. The van der Waals surface area contributed by atoms with Gasteiger partial charge in [0, 0.05) is 26.3 Å². The van der Waals surface area contributed by atoms with Gasteiger partial charge in [0.15, 0.2) is 0 Å². The molecule has 3 N–H and O–H groups in total. The number of carbonyl (C=O) groups excluding carboxylic acids is 1. The van der Waals surface area contributed by atoms with Crippen LogP contribution in [0.4, 0.5) is 11.4 Å². The molecule has 5 nitrogen and oxygen atoms in total. The van der Waals surface area contributed by atoms with Crippen LogP contribution in [0.3, 0.4) is 0 Å². The van der Waals surface area contributed by atoms with Gasteiger partial charge in [0.1, 0.15) is 0 Å². The molecule has 2 atom stereocenters. The van der Waals surface area contributed by atoms with Gasteiger partial charge in [-0.05, 0) is 31.5 Å². The fraction of sp³-hybridized carbons (Fsp3) is 0.500. The second-order valence-electron chi connectivity index (χ2n) is 4.90. The van der Waals surface area contributed by atoms with Crippen LogP contribution in [0.1, 0.15) is 23.7 Å². The SMILES string of the molecule is CNC(=O)c1ccc(N(C)C2CCOC2C)c(N)c1. The molecular formula is C14H21N3O2. The summed E-state index contributed by atoms with van der Waals surface area (Å²) in [6.45, 7) is 2.86. The number of nitrogen functional groups attached to an aromatic ring is 1. The van der Waals surface area contributed by atoms with Gasteiger partial charge in [0.25, 0.3) is 5.91 Å². The van der Waals surface area contributed by atoms with Crippen LogP contribution in [-0.4, -0.2) is 38.8 Å². The first kappa shape index (κ1) is 13.7. The van der Waals surface area contributed by atoms with E-state index in [0.29, 0.717) is 17.3 Å². The quantitative estimate of drug-likeness (QED) is 0.805. The highest BCUT2D eigenvalue weighted by atomic mass is 16.5. The summed E-state index contributed by atoms with van der Waals surface area (Å²) in [6.07, 6.45) is 1.19. The minimum Gasteiger partial charge on any atom is -0.397 e. The van der Waals surface area contributed by atoms with Crippen molar-refractivity contribution >= 4 is 17.3 Å². The molecule has 0 aliphatic carbocycles. The fourth-order valence-corrected chi connectivity index (χ4v) is 2.57. The Hall–Kier alpha value is -1.75. The van der Waals surface area contributed by atoms with Gasteiger partial charge in [-0.3, -0.25) is 4.79 Å². The van der Waals surface area contributed by atoms with E-state index >= 15 is 0 Å². The molecule has 2 unspecified atom stereocenters. The lowest BCUT2D eigenvalue weighted by molar-refractivity contribution is 0.0963. The van der Waals surface area contributed by atoms with Crippen molar-refractivity contribution in [3.8, 4) is 0 Å². The van der Waals surface area contributed by atoms with E-state index < -0.39 is 0 Å². The number of ether oxygens (including phenoxy) is 1. The maximum atomic E-state index is 11.6. The van der Waals surface area contributed by atoms with Crippen LogP contribution in [0.15, 0.2) is 18.2 Å². The summed E-state index contributed by atoms with van der Waals surface area (Å²) < 4.78 is 5.58. The smallest absolute Gasteiger partial charge is 0.251 e. The second kappa shape index (κ2) is 5.48. The zero-order valence-electron chi connectivity index (χ0n) is 11.6. The Morgan fingerprint density at radius 2 is 2.26 bits per heavy atom. The van der Waals surface area contributed by atoms with E-state index in [1.165, 1.54) is 0 Å².